The number of hydrogen-bond acceptors (Lipinski definition) is 5. The molecular weight excluding hydrogens is 330 g/mol. The summed E-state index contributed by atoms with van der Waals surface area (Å²) < 4.78 is 7.38. The van der Waals surface area contributed by atoms with Crippen molar-refractivity contribution in [2.75, 3.05) is 20.2 Å². The average molecular weight is 355 g/mol. The zero-order valence-electron chi connectivity index (χ0n) is 15.3. The Bertz CT molecular complexity index is 769. The van der Waals surface area contributed by atoms with Gasteiger partial charge in [-0.3, -0.25) is 14.5 Å². The van der Waals surface area contributed by atoms with Crippen LogP contribution in [0, 0.1) is 0 Å². The van der Waals surface area contributed by atoms with Crippen LogP contribution in [0.3, 0.4) is 0 Å². The van der Waals surface area contributed by atoms with E-state index >= 15 is 0 Å². The Morgan fingerprint density at radius 3 is 2.73 bits per heavy atom. The molecule has 1 amide bonds. The highest BCUT2D eigenvalue weighted by atomic mass is 16.5. The third kappa shape index (κ3) is 2.80. The van der Waals surface area contributed by atoms with Crippen LogP contribution >= 0.6 is 0 Å². The summed E-state index contributed by atoms with van der Waals surface area (Å²) in [4.78, 5) is 19.8. The summed E-state index contributed by atoms with van der Waals surface area (Å²) in [6, 6.07) is 3.97. The molecule has 0 bridgehead atoms. The van der Waals surface area contributed by atoms with Crippen LogP contribution in [0.15, 0.2) is 30.7 Å². The third-order valence-corrected chi connectivity index (χ3v) is 5.94. The minimum Gasteiger partial charge on any atom is -0.379 e. The van der Waals surface area contributed by atoms with E-state index in [9.17, 15) is 4.79 Å². The van der Waals surface area contributed by atoms with Gasteiger partial charge < -0.3 is 9.64 Å². The molecule has 7 nitrogen and oxygen atoms in total. The molecule has 2 aromatic rings. The first-order valence-corrected chi connectivity index (χ1v) is 9.23. The van der Waals surface area contributed by atoms with Gasteiger partial charge in [0.15, 0.2) is 0 Å². The number of amides is 1. The lowest BCUT2D eigenvalue weighted by atomic mass is 9.78. The Morgan fingerprint density at radius 2 is 2.12 bits per heavy atom. The molecule has 0 spiro atoms. The molecule has 2 aromatic heterocycles. The summed E-state index contributed by atoms with van der Waals surface area (Å²) in [5, 5.41) is 8.29. The van der Waals surface area contributed by atoms with Crippen molar-refractivity contribution in [3.8, 4) is 0 Å². The molecule has 2 atom stereocenters. The van der Waals surface area contributed by atoms with Crippen LogP contribution in [0.1, 0.15) is 42.9 Å². The highest BCUT2D eigenvalue weighted by molar-refractivity contribution is 5.89. The van der Waals surface area contributed by atoms with Crippen LogP contribution in [0.4, 0.5) is 0 Å². The molecule has 4 rings (SSSR count). The Labute approximate surface area is 153 Å². The summed E-state index contributed by atoms with van der Waals surface area (Å²) in [7, 11) is 3.56. The van der Waals surface area contributed by atoms with Gasteiger partial charge in [-0.1, -0.05) is 24.1 Å². The van der Waals surface area contributed by atoms with Gasteiger partial charge in [0.25, 0.3) is 0 Å². The van der Waals surface area contributed by atoms with Crippen molar-refractivity contribution in [3.05, 3.63) is 42.0 Å². The summed E-state index contributed by atoms with van der Waals surface area (Å²) in [5.74, 6) is 0.265. The van der Waals surface area contributed by atoms with Crippen molar-refractivity contribution in [1.82, 2.24) is 24.9 Å². The predicted octanol–water partition coefficient (Wildman–Crippen LogP) is 1.66. The van der Waals surface area contributed by atoms with Crippen LogP contribution in [-0.2, 0) is 22.0 Å². The largest absolute Gasteiger partial charge is 0.379 e. The zero-order valence-corrected chi connectivity index (χ0v) is 15.3. The van der Waals surface area contributed by atoms with E-state index in [1.807, 2.05) is 36.5 Å². The van der Waals surface area contributed by atoms with E-state index in [1.54, 1.807) is 18.0 Å². The third-order valence-electron chi connectivity index (χ3n) is 5.94. The second-order valence-corrected chi connectivity index (χ2v) is 7.44. The van der Waals surface area contributed by atoms with Crippen molar-refractivity contribution in [2.24, 2.45) is 7.05 Å². The van der Waals surface area contributed by atoms with Crippen LogP contribution in [0.5, 0.6) is 0 Å². The fraction of sp³-hybridized carbons (Fsp3) is 0.579. The number of hydrogen-bond donors (Lipinski definition) is 0. The number of aromatic nitrogens is 4. The molecule has 0 unspecified atom stereocenters. The van der Waals surface area contributed by atoms with Gasteiger partial charge in [-0.2, -0.15) is 0 Å². The lowest BCUT2D eigenvalue weighted by Gasteiger charge is -2.32. The number of pyridine rings is 1. The standard InChI is InChI=1S/C19H25N5O2/c1-23-12-16(21-22-23)15-11-24(13-17(15)26-2)18(25)19(7-3-4-8-19)14-6-5-9-20-10-14/h5-6,9-10,12,15,17H,3-4,7-8,11,13H2,1-2H3/t15-,17+/m0/s1. The van der Waals surface area contributed by atoms with Crippen LogP contribution in [-0.4, -0.2) is 57.1 Å². The van der Waals surface area contributed by atoms with Crippen molar-refractivity contribution in [3.63, 3.8) is 0 Å². The molecular formula is C19H25N5O2. The Hall–Kier alpha value is -2.28. The predicted molar refractivity (Wildman–Crippen MR) is 95.5 cm³/mol. The van der Waals surface area contributed by atoms with Gasteiger partial charge in [-0.15, -0.1) is 5.10 Å². The molecule has 1 saturated heterocycles. The molecule has 3 heterocycles. The molecule has 0 N–H and O–H groups in total. The molecule has 7 heteroatoms. The quantitative estimate of drug-likeness (QED) is 0.834. The summed E-state index contributed by atoms with van der Waals surface area (Å²) >= 11 is 0. The maximum Gasteiger partial charge on any atom is 0.233 e. The van der Waals surface area contributed by atoms with Crippen molar-refractivity contribution >= 4 is 5.91 Å². The second-order valence-electron chi connectivity index (χ2n) is 7.44. The maximum absolute atomic E-state index is 13.6. The van der Waals surface area contributed by atoms with Crippen molar-refractivity contribution in [1.29, 1.82) is 0 Å². The molecule has 1 saturated carbocycles. The first kappa shape index (κ1) is 17.1. The SMILES string of the molecule is CO[C@@H]1CN(C(=O)C2(c3cccnc3)CCCC2)C[C@H]1c1cn(C)nn1. The van der Waals surface area contributed by atoms with Gasteiger partial charge in [0, 0.05) is 45.8 Å². The van der Waals surface area contributed by atoms with Gasteiger partial charge in [0.2, 0.25) is 5.91 Å². The first-order valence-electron chi connectivity index (χ1n) is 9.23. The highest BCUT2D eigenvalue weighted by Gasteiger charge is 2.48. The normalized spacial score (nSPS) is 24.9. The Morgan fingerprint density at radius 1 is 1.31 bits per heavy atom. The fourth-order valence-electron chi connectivity index (χ4n) is 4.55. The fourth-order valence-corrected chi connectivity index (χ4v) is 4.55. The van der Waals surface area contributed by atoms with Gasteiger partial charge in [0.1, 0.15) is 0 Å². The molecule has 0 aromatic carbocycles. The molecule has 138 valence electrons. The molecule has 26 heavy (non-hydrogen) atoms. The van der Waals surface area contributed by atoms with Gasteiger partial charge in [-0.25, -0.2) is 0 Å². The molecule has 1 aliphatic carbocycles. The summed E-state index contributed by atoms with van der Waals surface area (Å²) in [5.41, 5.74) is 1.49. The van der Waals surface area contributed by atoms with E-state index in [1.165, 1.54) is 0 Å². The number of likely N-dealkylation sites (tertiary alicyclic amines) is 1. The van der Waals surface area contributed by atoms with E-state index in [0.29, 0.717) is 13.1 Å². The number of carbonyl (C=O) groups is 1. The van der Waals surface area contributed by atoms with Gasteiger partial charge in [0.05, 0.1) is 23.1 Å². The minimum absolute atomic E-state index is 0.0528. The molecule has 1 aliphatic heterocycles. The number of methoxy groups -OCH3 is 1. The van der Waals surface area contributed by atoms with Crippen LogP contribution in [0.25, 0.3) is 0 Å². The molecule has 2 aliphatic rings. The number of nitrogens with zero attached hydrogens (tertiary/aromatic N) is 5. The monoisotopic (exact) mass is 355 g/mol. The van der Waals surface area contributed by atoms with Crippen LogP contribution < -0.4 is 0 Å². The average Bonchev–Trinajstić information content (AvgIpc) is 3.41. The number of rotatable bonds is 4. The first-order chi connectivity index (χ1) is 12.6. The Kier molecular flexibility index (Phi) is 4.48. The van der Waals surface area contributed by atoms with Crippen molar-refractivity contribution in [2.45, 2.75) is 43.1 Å². The van der Waals surface area contributed by atoms with E-state index in [-0.39, 0.29) is 17.9 Å². The second kappa shape index (κ2) is 6.79. The Balaban J connectivity index is 1.61. The highest BCUT2D eigenvalue weighted by Crippen LogP contribution is 2.43. The van der Waals surface area contributed by atoms with Crippen molar-refractivity contribution < 1.29 is 9.53 Å². The van der Waals surface area contributed by atoms with Gasteiger partial charge in [-0.05, 0) is 24.5 Å². The van der Waals surface area contributed by atoms with E-state index in [0.717, 1.165) is 36.9 Å². The van der Waals surface area contributed by atoms with Gasteiger partial charge >= 0.3 is 0 Å². The van der Waals surface area contributed by atoms with E-state index in [4.69, 9.17) is 4.74 Å². The minimum atomic E-state index is -0.441. The van der Waals surface area contributed by atoms with Crippen LogP contribution in [0.2, 0.25) is 0 Å². The smallest absolute Gasteiger partial charge is 0.233 e. The molecule has 2 fully saturated rings. The lowest BCUT2D eigenvalue weighted by molar-refractivity contribution is -0.136. The zero-order chi connectivity index (χ0) is 18.1. The molecule has 0 radical (unpaired) electrons. The lowest BCUT2D eigenvalue weighted by Crippen LogP contribution is -2.45. The number of carbonyl (C=O) groups excluding carboxylic acids is 1. The topological polar surface area (TPSA) is 73.1 Å². The van der Waals surface area contributed by atoms with E-state index < -0.39 is 5.41 Å². The number of aryl methyl sites for hydroxylation is 1. The number of ether oxygens (including phenoxy) is 1. The summed E-state index contributed by atoms with van der Waals surface area (Å²) in [6.45, 7) is 1.22. The van der Waals surface area contributed by atoms with E-state index in [2.05, 4.69) is 15.3 Å². The maximum atomic E-state index is 13.6. The summed E-state index contributed by atoms with van der Waals surface area (Å²) in [6.07, 6.45) is 9.42.